The van der Waals surface area contributed by atoms with Crippen LogP contribution in [-0.4, -0.2) is 34.2 Å². The van der Waals surface area contributed by atoms with Crippen molar-refractivity contribution >= 4 is 34.1 Å². The first-order chi connectivity index (χ1) is 11.7. The molecule has 0 bridgehead atoms. The number of aromatic nitrogens is 3. The molecule has 4 rings (SSSR count). The maximum absolute atomic E-state index is 11.7. The second kappa shape index (κ2) is 6.21. The van der Waals surface area contributed by atoms with Crippen molar-refractivity contribution in [1.82, 2.24) is 20.4 Å². The SMILES string of the molecule is O=C1NCCN1c1nc(Cc2nc(-c3cccc(Cl)c3)no2)cs1. The number of urea groups is 1. The summed E-state index contributed by atoms with van der Waals surface area (Å²) in [4.78, 5) is 22.1. The first-order valence-electron chi connectivity index (χ1n) is 7.27. The quantitative estimate of drug-likeness (QED) is 0.772. The molecular weight excluding hydrogens is 350 g/mol. The number of halogens is 1. The summed E-state index contributed by atoms with van der Waals surface area (Å²) in [6, 6.07) is 7.16. The minimum atomic E-state index is -0.114. The lowest BCUT2D eigenvalue weighted by Crippen LogP contribution is -2.27. The Morgan fingerprint density at radius 2 is 2.29 bits per heavy atom. The summed E-state index contributed by atoms with van der Waals surface area (Å²) in [6.07, 6.45) is 0.416. The van der Waals surface area contributed by atoms with Gasteiger partial charge in [0.15, 0.2) is 5.13 Å². The summed E-state index contributed by atoms with van der Waals surface area (Å²) in [5.74, 6) is 0.953. The Bertz CT molecular complexity index is 893. The normalized spacial score (nSPS) is 14.2. The highest BCUT2D eigenvalue weighted by Crippen LogP contribution is 2.24. The third-order valence-corrected chi connectivity index (χ3v) is 4.66. The number of nitrogens with zero attached hydrogens (tertiary/aromatic N) is 4. The molecule has 3 aromatic rings. The molecule has 122 valence electrons. The van der Waals surface area contributed by atoms with Gasteiger partial charge in [0.1, 0.15) is 0 Å². The van der Waals surface area contributed by atoms with Crippen molar-refractivity contribution in [1.29, 1.82) is 0 Å². The Morgan fingerprint density at radius 1 is 1.38 bits per heavy atom. The monoisotopic (exact) mass is 361 g/mol. The molecule has 0 aliphatic carbocycles. The summed E-state index contributed by atoms with van der Waals surface area (Å²) >= 11 is 7.40. The van der Waals surface area contributed by atoms with Crippen molar-refractivity contribution in [2.24, 2.45) is 0 Å². The number of nitrogens with one attached hydrogen (secondary N) is 1. The van der Waals surface area contributed by atoms with Crippen LogP contribution in [0.3, 0.4) is 0 Å². The number of carbonyl (C=O) groups is 1. The van der Waals surface area contributed by atoms with Crippen molar-refractivity contribution in [3.05, 3.63) is 46.3 Å². The van der Waals surface area contributed by atoms with Crippen molar-refractivity contribution in [2.45, 2.75) is 6.42 Å². The average Bonchev–Trinajstić information content (AvgIpc) is 3.29. The van der Waals surface area contributed by atoms with Crippen molar-refractivity contribution in [2.75, 3.05) is 18.0 Å². The highest BCUT2D eigenvalue weighted by molar-refractivity contribution is 7.14. The second-order valence-electron chi connectivity index (χ2n) is 5.20. The van der Waals surface area contributed by atoms with Gasteiger partial charge in [0.05, 0.1) is 12.1 Å². The maximum atomic E-state index is 11.7. The molecule has 1 aliphatic rings. The van der Waals surface area contributed by atoms with Crippen LogP contribution in [0.4, 0.5) is 9.93 Å². The predicted octanol–water partition coefficient (Wildman–Crippen LogP) is 2.97. The number of rotatable bonds is 4. The standard InChI is InChI=1S/C15H12ClN5O2S/c16-10-3-1-2-9(6-10)13-19-12(23-20-13)7-11-8-24-15(18-11)21-5-4-17-14(21)22/h1-3,6,8H,4-5,7H2,(H,17,22). The van der Waals surface area contributed by atoms with Gasteiger partial charge in [0, 0.05) is 29.1 Å². The van der Waals surface area contributed by atoms with Crippen LogP contribution in [0.5, 0.6) is 0 Å². The van der Waals surface area contributed by atoms with E-state index >= 15 is 0 Å². The Labute approximate surface area is 146 Å². The molecule has 0 saturated carbocycles. The van der Waals surface area contributed by atoms with E-state index in [0.717, 1.165) is 11.3 Å². The Morgan fingerprint density at radius 3 is 3.08 bits per heavy atom. The minimum Gasteiger partial charge on any atom is -0.339 e. The minimum absolute atomic E-state index is 0.114. The summed E-state index contributed by atoms with van der Waals surface area (Å²) < 4.78 is 5.29. The largest absolute Gasteiger partial charge is 0.339 e. The average molecular weight is 362 g/mol. The summed E-state index contributed by atoms with van der Waals surface area (Å²) in [5.41, 5.74) is 1.58. The third-order valence-electron chi connectivity index (χ3n) is 3.51. The van der Waals surface area contributed by atoms with Gasteiger partial charge < -0.3 is 9.84 Å². The topological polar surface area (TPSA) is 84.2 Å². The van der Waals surface area contributed by atoms with Gasteiger partial charge in [-0.05, 0) is 12.1 Å². The highest BCUT2D eigenvalue weighted by atomic mass is 35.5. The van der Waals surface area contributed by atoms with Crippen LogP contribution in [0, 0.1) is 0 Å². The second-order valence-corrected chi connectivity index (χ2v) is 6.48. The molecule has 0 atom stereocenters. The van der Waals surface area contributed by atoms with Gasteiger partial charge in [-0.3, -0.25) is 4.90 Å². The van der Waals surface area contributed by atoms with Gasteiger partial charge in [-0.1, -0.05) is 28.9 Å². The molecule has 1 aliphatic heterocycles. The van der Waals surface area contributed by atoms with Crippen LogP contribution in [0.25, 0.3) is 11.4 Å². The number of amides is 2. The van der Waals surface area contributed by atoms with Gasteiger partial charge in [-0.2, -0.15) is 4.98 Å². The molecule has 3 heterocycles. The molecule has 0 spiro atoms. The van der Waals surface area contributed by atoms with Crippen LogP contribution in [0.15, 0.2) is 34.2 Å². The zero-order chi connectivity index (χ0) is 16.5. The molecule has 0 radical (unpaired) electrons. The first kappa shape index (κ1) is 15.1. The molecule has 0 unspecified atom stereocenters. The van der Waals surface area contributed by atoms with Crippen LogP contribution < -0.4 is 10.2 Å². The van der Waals surface area contributed by atoms with E-state index < -0.39 is 0 Å². The van der Waals surface area contributed by atoms with E-state index in [1.807, 2.05) is 17.5 Å². The van der Waals surface area contributed by atoms with E-state index in [4.69, 9.17) is 16.1 Å². The van der Waals surface area contributed by atoms with Crippen molar-refractivity contribution in [3.8, 4) is 11.4 Å². The fourth-order valence-electron chi connectivity index (χ4n) is 2.38. The number of hydrogen-bond acceptors (Lipinski definition) is 6. The third kappa shape index (κ3) is 2.98. The van der Waals surface area contributed by atoms with Crippen LogP contribution >= 0.6 is 22.9 Å². The van der Waals surface area contributed by atoms with E-state index in [0.29, 0.717) is 41.4 Å². The Kier molecular flexibility index (Phi) is 3.91. The Hall–Kier alpha value is -2.45. The van der Waals surface area contributed by atoms with Gasteiger partial charge in [-0.25, -0.2) is 9.78 Å². The van der Waals surface area contributed by atoms with E-state index in [9.17, 15) is 4.79 Å². The molecule has 7 nitrogen and oxygen atoms in total. The summed E-state index contributed by atoms with van der Waals surface area (Å²) in [7, 11) is 0. The highest BCUT2D eigenvalue weighted by Gasteiger charge is 2.24. The number of anilines is 1. The first-order valence-corrected chi connectivity index (χ1v) is 8.53. The van der Waals surface area contributed by atoms with Gasteiger partial charge in [0.25, 0.3) is 0 Å². The summed E-state index contributed by atoms with van der Waals surface area (Å²) in [5, 5.41) is 9.92. The zero-order valence-electron chi connectivity index (χ0n) is 12.4. The lowest BCUT2D eigenvalue weighted by Gasteiger charge is -2.08. The molecule has 2 aromatic heterocycles. The number of benzene rings is 1. The number of hydrogen-bond donors (Lipinski definition) is 1. The Balaban J connectivity index is 1.50. The van der Waals surface area contributed by atoms with E-state index in [1.54, 1.807) is 17.0 Å². The van der Waals surface area contributed by atoms with E-state index in [-0.39, 0.29) is 6.03 Å². The zero-order valence-corrected chi connectivity index (χ0v) is 14.0. The van der Waals surface area contributed by atoms with E-state index in [2.05, 4.69) is 20.4 Å². The smallest absolute Gasteiger partial charge is 0.323 e. The molecule has 1 fully saturated rings. The van der Waals surface area contributed by atoms with E-state index in [1.165, 1.54) is 11.3 Å². The van der Waals surface area contributed by atoms with Gasteiger partial charge in [-0.15, -0.1) is 11.3 Å². The van der Waals surface area contributed by atoms with Gasteiger partial charge >= 0.3 is 6.03 Å². The summed E-state index contributed by atoms with van der Waals surface area (Å²) in [6.45, 7) is 1.27. The molecule has 24 heavy (non-hydrogen) atoms. The van der Waals surface area contributed by atoms with Crippen LogP contribution in [0.1, 0.15) is 11.6 Å². The fraction of sp³-hybridized carbons (Fsp3) is 0.200. The molecule has 9 heteroatoms. The predicted molar refractivity (Wildman–Crippen MR) is 90.4 cm³/mol. The van der Waals surface area contributed by atoms with Crippen molar-refractivity contribution < 1.29 is 9.32 Å². The lowest BCUT2D eigenvalue weighted by atomic mass is 10.2. The molecule has 1 aromatic carbocycles. The molecule has 2 amide bonds. The van der Waals surface area contributed by atoms with Crippen LogP contribution in [0.2, 0.25) is 5.02 Å². The molecular formula is C15H12ClN5O2S. The van der Waals surface area contributed by atoms with Gasteiger partial charge in [0.2, 0.25) is 11.7 Å². The lowest BCUT2D eigenvalue weighted by molar-refractivity contribution is 0.252. The van der Waals surface area contributed by atoms with Crippen LogP contribution in [-0.2, 0) is 6.42 Å². The molecule has 1 N–H and O–H groups in total. The molecule has 1 saturated heterocycles. The number of carbonyl (C=O) groups excluding carboxylic acids is 1. The fourth-order valence-corrected chi connectivity index (χ4v) is 3.42. The van der Waals surface area contributed by atoms with Crippen molar-refractivity contribution in [3.63, 3.8) is 0 Å². The number of thiazole rings is 1. The maximum Gasteiger partial charge on any atom is 0.323 e.